The summed E-state index contributed by atoms with van der Waals surface area (Å²) >= 11 is 0. The van der Waals surface area contributed by atoms with Crippen molar-refractivity contribution in [2.45, 2.75) is 25.8 Å². The minimum absolute atomic E-state index is 0.218. The number of fused-ring (bicyclic) bond motifs is 1. The lowest BCUT2D eigenvalue weighted by atomic mass is 10.2. The Morgan fingerprint density at radius 2 is 1.40 bits per heavy atom. The second-order valence-electron chi connectivity index (χ2n) is 9.34. The van der Waals surface area contributed by atoms with E-state index in [0.29, 0.717) is 28.7 Å². The fourth-order valence-corrected chi connectivity index (χ4v) is 8.96. The molecule has 0 radical (unpaired) electrons. The summed E-state index contributed by atoms with van der Waals surface area (Å²) in [5.41, 5.74) is 0.620. The predicted octanol–water partition coefficient (Wildman–Crippen LogP) is 5.23. The Morgan fingerprint density at radius 1 is 0.800 bits per heavy atom. The molecule has 3 heterocycles. The van der Waals surface area contributed by atoms with Crippen LogP contribution in [0, 0.1) is 0 Å². The third-order valence-electron chi connectivity index (χ3n) is 6.19. The molecule has 0 aliphatic rings. The minimum Gasteiger partial charge on any atom is -0.531 e. The molecule has 0 amide bonds. The number of benzene rings is 2. The number of ether oxygens (including phenoxy) is 1. The smallest absolute Gasteiger partial charge is 0.320 e. The summed E-state index contributed by atoms with van der Waals surface area (Å²) < 4.78 is 18.8. The molecule has 0 atom stereocenters. The van der Waals surface area contributed by atoms with E-state index in [0.717, 1.165) is 5.39 Å². The quantitative estimate of drug-likeness (QED) is 0.309. The molecule has 0 bridgehead atoms. The van der Waals surface area contributed by atoms with Gasteiger partial charge in [0, 0.05) is 6.20 Å². The van der Waals surface area contributed by atoms with Gasteiger partial charge in [-0.2, -0.15) is 0 Å². The highest BCUT2D eigenvalue weighted by Crippen LogP contribution is 2.44. The topological polar surface area (TPSA) is 70.3 Å². The molecule has 7 heteroatoms. The Labute approximate surface area is 205 Å². The Morgan fingerprint density at radius 3 is 1.94 bits per heavy atom. The molecular weight excluding hydrogens is 454 g/mol. The van der Waals surface area contributed by atoms with Crippen LogP contribution in [0.25, 0.3) is 22.6 Å². The van der Waals surface area contributed by atoms with Gasteiger partial charge >= 0.3 is 8.32 Å². The average Bonchev–Trinajstić information content (AvgIpc) is 3.25. The zero-order chi connectivity index (χ0) is 24.5. The second-order valence-corrected chi connectivity index (χ2v) is 13.6. The summed E-state index contributed by atoms with van der Waals surface area (Å²) in [6.45, 7) is 6.73. The highest BCUT2D eigenvalue weighted by Gasteiger charge is 2.53. The fourth-order valence-electron chi connectivity index (χ4n) is 4.52. The largest absolute Gasteiger partial charge is 0.531 e. The number of aromatic nitrogens is 3. The van der Waals surface area contributed by atoms with Crippen molar-refractivity contribution < 1.29 is 13.6 Å². The van der Waals surface area contributed by atoms with Gasteiger partial charge in [-0.25, -0.2) is 9.97 Å². The molecule has 0 fully saturated rings. The summed E-state index contributed by atoms with van der Waals surface area (Å²) in [7, 11) is -1.33. The minimum atomic E-state index is -2.91. The highest BCUT2D eigenvalue weighted by molar-refractivity contribution is 7.00. The predicted molar refractivity (Wildman–Crippen MR) is 140 cm³/mol. The molecule has 3 aromatic heterocycles. The molecule has 6 nitrogen and oxygen atoms in total. The van der Waals surface area contributed by atoms with Crippen LogP contribution in [0.5, 0.6) is 11.5 Å². The van der Waals surface area contributed by atoms with Gasteiger partial charge in [-0.3, -0.25) is 4.98 Å². The van der Waals surface area contributed by atoms with E-state index in [4.69, 9.17) is 13.6 Å². The van der Waals surface area contributed by atoms with Crippen molar-refractivity contribution in [3.63, 3.8) is 0 Å². The van der Waals surface area contributed by atoms with Gasteiger partial charge in [0.2, 0.25) is 5.76 Å². The van der Waals surface area contributed by atoms with E-state index in [1.165, 1.54) is 10.4 Å². The summed E-state index contributed by atoms with van der Waals surface area (Å²) in [5, 5.41) is 2.96. The summed E-state index contributed by atoms with van der Waals surface area (Å²) in [6, 6.07) is 22.9. The lowest BCUT2D eigenvalue weighted by Crippen LogP contribution is -2.68. The SMILES string of the molecule is COc1cnc(-c2oc3cnccc3c2O[Si](c2ccccc2)(c2ccccc2)C(C)(C)C)nc1. The van der Waals surface area contributed by atoms with Crippen LogP contribution in [0.1, 0.15) is 20.8 Å². The first-order chi connectivity index (χ1) is 16.9. The molecule has 5 aromatic rings. The van der Waals surface area contributed by atoms with Crippen molar-refractivity contribution in [3.05, 3.63) is 91.5 Å². The van der Waals surface area contributed by atoms with Crippen molar-refractivity contribution in [1.29, 1.82) is 0 Å². The molecular formula is C28H27N3O3Si. The second kappa shape index (κ2) is 9.00. The number of nitrogens with zero attached hydrogens (tertiary/aromatic N) is 3. The van der Waals surface area contributed by atoms with Crippen LogP contribution < -0.4 is 19.5 Å². The van der Waals surface area contributed by atoms with Crippen molar-refractivity contribution >= 4 is 29.7 Å². The lowest BCUT2D eigenvalue weighted by Gasteiger charge is -2.42. The molecule has 0 saturated carbocycles. The molecule has 2 aromatic carbocycles. The normalized spacial score (nSPS) is 12.0. The molecule has 0 N–H and O–H groups in total. The van der Waals surface area contributed by atoms with E-state index >= 15 is 0 Å². The van der Waals surface area contributed by atoms with Crippen molar-refractivity contribution in [3.8, 4) is 23.1 Å². The number of methoxy groups -OCH3 is 1. The summed E-state index contributed by atoms with van der Waals surface area (Å²) in [4.78, 5) is 13.2. The van der Waals surface area contributed by atoms with Crippen LogP contribution in [0.2, 0.25) is 5.04 Å². The number of hydrogen-bond acceptors (Lipinski definition) is 6. The van der Waals surface area contributed by atoms with Gasteiger partial charge in [0.25, 0.3) is 0 Å². The lowest BCUT2D eigenvalue weighted by molar-refractivity contribution is 0.410. The zero-order valence-corrected chi connectivity index (χ0v) is 21.2. The van der Waals surface area contributed by atoms with Crippen LogP contribution in [-0.2, 0) is 0 Å². The fraction of sp³-hybridized carbons (Fsp3) is 0.179. The zero-order valence-electron chi connectivity index (χ0n) is 20.2. The van der Waals surface area contributed by atoms with E-state index in [9.17, 15) is 0 Å². The first-order valence-electron chi connectivity index (χ1n) is 11.5. The van der Waals surface area contributed by atoms with Crippen LogP contribution >= 0.6 is 0 Å². The number of pyridine rings is 1. The van der Waals surface area contributed by atoms with E-state index in [-0.39, 0.29) is 5.04 Å². The maximum absolute atomic E-state index is 7.34. The highest BCUT2D eigenvalue weighted by atomic mass is 28.4. The number of rotatable bonds is 6. The van der Waals surface area contributed by atoms with Gasteiger partial charge in [0.05, 0.1) is 31.1 Å². The number of furan rings is 1. The monoisotopic (exact) mass is 481 g/mol. The van der Waals surface area contributed by atoms with Gasteiger partial charge in [-0.1, -0.05) is 81.4 Å². The molecule has 0 unspecified atom stereocenters. The molecule has 0 aliphatic heterocycles. The third-order valence-corrected chi connectivity index (χ3v) is 11.1. The first kappa shape index (κ1) is 22.8. The van der Waals surface area contributed by atoms with Crippen LogP contribution in [0.15, 0.2) is 95.9 Å². The molecule has 5 rings (SSSR count). The van der Waals surface area contributed by atoms with E-state index in [1.807, 2.05) is 18.2 Å². The molecule has 0 saturated heterocycles. The van der Waals surface area contributed by atoms with Crippen LogP contribution in [0.4, 0.5) is 0 Å². The molecule has 0 spiro atoms. The van der Waals surface area contributed by atoms with Gasteiger partial charge < -0.3 is 13.6 Å². The number of hydrogen-bond donors (Lipinski definition) is 0. The van der Waals surface area contributed by atoms with Gasteiger partial charge in [-0.15, -0.1) is 0 Å². The van der Waals surface area contributed by atoms with Crippen LogP contribution in [-0.4, -0.2) is 30.4 Å². The summed E-state index contributed by atoms with van der Waals surface area (Å²) in [6.07, 6.45) is 6.69. The van der Waals surface area contributed by atoms with Crippen LogP contribution in [0.3, 0.4) is 0 Å². The van der Waals surface area contributed by atoms with E-state index < -0.39 is 8.32 Å². The Hall–Kier alpha value is -3.97. The van der Waals surface area contributed by atoms with Crippen molar-refractivity contribution in [2.24, 2.45) is 0 Å². The Bertz CT molecular complexity index is 1390. The van der Waals surface area contributed by atoms with Gasteiger partial charge in [-0.05, 0) is 21.5 Å². The molecule has 176 valence electrons. The third kappa shape index (κ3) is 3.98. The van der Waals surface area contributed by atoms with Gasteiger partial charge in [0.15, 0.2) is 22.9 Å². The maximum atomic E-state index is 7.34. The Kier molecular flexibility index (Phi) is 5.86. The maximum Gasteiger partial charge on any atom is 0.320 e. The van der Waals surface area contributed by atoms with Gasteiger partial charge in [0.1, 0.15) is 0 Å². The van der Waals surface area contributed by atoms with Crippen molar-refractivity contribution in [2.75, 3.05) is 7.11 Å². The van der Waals surface area contributed by atoms with E-state index in [2.05, 4.69) is 84.3 Å². The molecule has 0 aliphatic carbocycles. The average molecular weight is 482 g/mol. The summed E-state index contributed by atoms with van der Waals surface area (Å²) in [5.74, 6) is 2.10. The molecule has 35 heavy (non-hydrogen) atoms. The van der Waals surface area contributed by atoms with Crippen molar-refractivity contribution in [1.82, 2.24) is 15.0 Å². The Balaban J connectivity index is 1.79. The first-order valence-corrected chi connectivity index (χ1v) is 13.4. The van der Waals surface area contributed by atoms with E-state index in [1.54, 1.807) is 31.9 Å². The standard InChI is InChI=1S/C28H27N3O3Si/c1-28(2,3)35(21-11-7-5-8-12-21,22-13-9-6-10-14-22)34-25-23-15-16-29-19-24(23)33-26(25)27-30-17-20(32-4)18-31-27/h5-19H,1-4H3.